The molecule has 6 nitrogen and oxygen atoms in total. The number of carbonyl (C=O) groups is 1. The van der Waals surface area contributed by atoms with Crippen molar-refractivity contribution in [2.45, 2.75) is 13.0 Å². The number of aromatic nitrogens is 2. The monoisotopic (exact) mass is 287 g/mol. The molecule has 0 aromatic carbocycles. The zero-order valence-corrected chi connectivity index (χ0v) is 11.5. The summed E-state index contributed by atoms with van der Waals surface area (Å²) in [5, 5.41) is 18.0. The molecule has 0 unspecified atom stereocenters. The lowest BCUT2D eigenvalue weighted by Gasteiger charge is -2.23. The van der Waals surface area contributed by atoms with E-state index in [-0.39, 0.29) is 12.3 Å². The van der Waals surface area contributed by atoms with Gasteiger partial charge in [-0.25, -0.2) is 9.78 Å². The van der Waals surface area contributed by atoms with E-state index in [0.717, 1.165) is 5.69 Å². The summed E-state index contributed by atoms with van der Waals surface area (Å²) < 4.78 is 0. The molecule has 110 valence electrons. The maximum Gasteiger partial charge on any atom is 0.354 e. The van der Waals surface area contributed by atoms with Crippen molar-refractivity contribution < 1.29 is 15.0 Å². The second kappa shape index (κ2) is 7.35. The number of carboxylic acids is 1. The highest BCUT2D eigenvalue weighted by Crippen LogP contribution is 2.15. The fourth-order valence-electron chi connectivity index (χ4n) is 1.94. The first kappa shape index (κ1) is 14.9. The fourth-order valence-corrected chi connectivity index (χ4v) is 1.94. The largest absolute Gasteiger partial charge is 0.477 e. The van der Waals surface area contributed by atoms with E-state index in [2.05, 4.69) is 9.97 Å². The molecule has 0 atom stereocenters. The molecule has 0 spiro atoms. The minimum Gasteiger partial charge on any atom is -0.477 e. The number of nitrogens with zero attached hydrogens (tertiary/aromatic N) is 3. The fraction of sp³-hybridized carbons (Fsp3) is 0.267. The first-order valence-electron chi connectivity index (χ1n) is 6.67. The SMILES string of the molecule is O=C(O)c1cccc(N(CCCO)Cc2ccccn2)n1. The highest BCUT2D eigenvalue weighted by molar-refractivity contribution is 5.85. The topological polar surface area (TPSA) is 86.5 Å². The van der Waals surface area contributed by atoms with Gasteiger partial charge in [0.2, 0.25) is 0 Å². The van der Waals surface area contributed by atoms with Crippen LogP contribution in [-0.2, 0) is 6.54 Å². The van der Waals surface area contributed by atoms with E-state index in [1.54, 1.807) is 18.3 Å². The van der Waals surface area contributed by atoms with Crippen LogP contribution in [0.4, 0.5) is 5.82 Å². The van der Waals surface area contributed by atoms with Crippen molar-refractivity contribution in [3.8, 4) is 0 Å². The molecule has 2 N–H and O–H groups in total. The van der Waals surface area contributed by atoms with Crippen LogP contribution in [0.3, 0.4) is 0 Å². The van der Waals surface area contributed by atoms with Crippen molar-refractivity contribution >= 4 is 11.8 Å². The van der Waals surface area contributed by atoms with Gasteiger partial charge in [-0.15, -0.1) is 0 Å². The first-order chi connectivity index (χ1) is 10.2. The minimum atomic E-state index is -1.06. The number of aliphatic hydroxyl groups excluding tert-OH is 1. The van der Waals surface area contributed by atoms with E-state index >= 15 is 0 Å². The van der Waals surface area contributed by atoms with Crippen LogP contribution in [0.1, 0.15) is 22.6 Å². The van der Waals surface area contributed by atoms with Crippen molar-refractivity contribution in [3.05, 3.63) is 54.0 Å². The van der Waals surface area contributed by atoms with Gasteiger partial charge in [0.25, 0.3) is 0 Å². The van der Waals surface area contributed by atoms with Gasteiger partial charge in [0.05, 0.1) is 12.2 Å². The summed E-state index contributed by atoms with van der Waals surface area (Å²) in [6.45, 7) is 1.15. The van der Waals surface area contributed by atoms with Crippen LogP contribution < -0.4 is 4.90 Å². The third kappa shape index (κ3) is 4.25. The number of carboxylic acid groups (broad SMARTS) is 1. The molecule has 0 aliphatic heterocycles. The highest BCUT2D eigenvalue weighted by atomic mass is 16.4. The Morgan fingerprint density at radius 3 is 2.71 bits per heavy atom. The van der Waals surface area contributed by atoms with Crippen molar-refractivity contribution in [2.75, 3.05) is 18.1 Å². The summed E-state index contributed by atoms with van der Waals surface area (Å²) in [6, 6.07) is 10.5. The summed E-state index contributed by atoms with van der Waals surface area (Å²) in [6.07, 6.45) is 2.28. The predicted octanol–water partition coefficient (Wildman–Crippen LogP) is 1.56. The van der Waals surface area contributed by atoms with Crippen LogP contribution >= 0.6 is 0 Å². The number of hydrogen-bond donors (Lipinski definition) is 2. The Labute approximate surface area is 122 Å². The number of aliphatic hydroxyl groups is 1. The van der Waals surface area contributed by atoms with Crippen molar-refractivity contribution in [1.82, 2.24) is 9.97 Å². The van der Waals surface area contributed by atoms with E-state index in [9.17, 15) is 4.79 Å². The zero-order chi connectivity index (χ0) is 15.1. The Bertz CT molecular complexity index is 590. The highest BCUT2D eigenvalue weighted by Gasteiger charge is 2.12. The van der Waals surface area contributed by atoms with Crippen LogP contribution in [-0.4, -0.2) is 39.3 Å². The second-order valence-corrected chi connectivity index (χ2v) is 4.51. The normalized spacial score (nSPS) is 10.3. The smallest absolute Gasteiger partial charge is 0.354 e. The zero-order valence-electron chi connectivity index (χ0n) is 11.5. The molecule has 0 radical (unpaired) electrons. The summed E-state index contributed by atoms with van der Waals surface area (Å²) in [7, 11) is 0. The molecule has 6 heteroatoms. The van der Waals surface area contributed by atoms with Crippen molar-refractivity contribution in [2.24, 2.45) is 0 Å². The lowest BCUT2D eigenvalue weighted by molar-refractivity contribution is 0.0690. The summed E-state index contributed by atoms with van der Waals surface area (Å²) in [5.74, 6) is -0.495. The molecular weight excluding hydrogens is 270 g/mol. The Balaban J connectivity index is 2.22. The molecular formula is C15H17N3O3. The molecule has 21 heavy (non-hydrogen) atoms. The van der Waals surface area contributed by atoms with Gasteiger partial charge in [-0.1, -0.05) is 12.1 Å². The average molecular weight is 287 g/mol. The third-order valence-electron chi connectivity index (χ3n) is 2.94. The van der Waals surface area contributed by atoms with Gasteiger partial charge in [-0.2, -0.15) is 0 Å². The van der Waals surface area contributed by atoms with Gasteiger partial charge in [-0.05, 0) is 30.7 Å². The van der Waals surface area contributed by atoms with E-state index < -0.39 is 5.97 Å². The van der Waals surface area contributed by atoms with Crippen molar-refractivity contribution in [1.29, 1.82) is 0 Å². The van der Waals surface area contributed by atoms with Gasteiger partial charge in [0, 0.05) is 19.3 Å². The standard InChI is InChI=1S/C15H17N3O3/c19-10-4-9-18(11-12-5-1-2-8-16-12)14-7-3-6-13(17-14)15(20)21/h1-3,5-8,19H,4,9-11H2,(H,20,21). The third-order valence-corrected chi connectivity index (χ3v) is 2.94. The molecule has 2 rings (SSSR count). The predicted molar refractivity (Wildman–Crippen MR) is 78.2 cm³/mol. The molecule has 2 heterocycles. The average Bonchev–Trinajstić information content (AvgIpc) is 2.52. The summed E-state index contributed by atoms with van der Waals surface area (Å²) in [5.41, 5.74) is 0.862. The summed E-state index contributed by atoms with van der Waals surface area (Å²) in [4.78, 5) is 21.3. The molecule has 0 amide bonds. The molecule has 2 aromatic heterocycles. The lowest BCUT2D eigenvalue weighted by atomic mass is 10.3. The van der Waals surface area contributed by atoms with Gasteiger partial charge in [0.15, 0.2) is 5.69 Å². The first-order valence-corrected chi connectivity index (χ1v) is 6.67. The number of aromatic carboxylic acids is 1. The lowest BCUT2D eigenvalue weighted by Crippen LogP contribution is -2.26. The molecule has 2 aromatic rings. The van der Waals surface area contributed by atoms with Crippen LogP contribution in [0.2, 0.25) is 0 Å². The van der Waals surface area contributed by atoms with E-state index in [1.165, 1.54) is 6.07 Å². The Morgan fingerprint density at radius 2 is 2.05 bits per heavy atom. The van der Waals surface area contributed by atoms with Gasteiger partial charge in [0.1, 0.15) is 5.82 Å². The van der Waals surface area contributed by atoms with Crippen LogP contribution in [0.25, 0.3) is 0 Å². The van der Waals surface area contributed by atoms with E-state index in [4.69, 9.17) is 10.2 Å². The minimum absolute atomic E-state index is 0.00233. The molecule has 0 aliphatic carbocycles. The number of hydrogen-bond acceptors (Lipinski definition) is 5. The van der Waals surface area contributed by atoms with Gasteiger partial charge in [-0.3, -0.25) is 4.98 Å². The van der Waals surface area contributed by atoms with Crippen LogP contribution in [0.15, 0.2) is 42.6 Å². The second-order valence-electron chi connectivity index (χ2n) is 4.51. The maximum atomic E-state index is 11.0. The summed E-state index contributed by atoms with van der Waals surface area (Å²) >= 11 is 0. The van der Waals surface area contributed by atoms with Crippen LogP contribution in [0, 0.1) is 0 Å². The quantitative estimate of drug-likeness (QED) is 0.803. The number of rotatable bonds is 7. The van der Waals surface area contributed by atoms with E-state index in [1.807, 2.05) is 23.1 Å². The number of pyridine rings is 2. The molecule has 0 fully saturated rings. The maximum absolute atomic E-state index is 11.0. The van der Waals surface area contributed by atoms with E-state index in [0.29, 0.717) is 25.3 Å². The Hall–Kier alpha value is -2.47. The Morgan fingerprint density at radius 1 is 1.19 bits per heavy atom. The van der Waals surface area contributed by atoms with Gasteiger partial charge < -0.3 is 15.1 Å². The number of anilines is 1. The molecule has 0 aliphatic rings. The molecule has 0 saturated heterocycles. The molecule has 0 saturated carbocycles. The van der Waals surface area contributed by atoms with Crippen molar-refractivity contribution in [3.63, 3.8) is 0 Å². The Kier molecular flexibility index (Phi) is 5.22. The van der Waals surface area contributed by atoms with Crippen LogP contribution in [0.5, 0.6) is 0 Å². The van der Waals surface area contributed by atoms with Gasteiger partial charge >= 0.3 is 5.97 Å². The molecule has 0 bridgehead atoms.